The van der Waals surface area contributed by atoms with Gasteiger partial charge in [-0.2, -0.15) is 0 Å². The van der Waals surface area contributed by atoms with Gasteiger partial charge in [0.15, 0.2) is 5.82 Å². The lowest BCUT2D eigenvalue weighted by atomic mass is 9.99. The highest BCUT2D eigenvalue weighted by Gasteiger charge is 2.22. The summed E-state index contributed by atoms with van der Waals surface area (Å²) >= 11 is 3.67. The van der Waals surface area contributed by atoms with Crippen LogP contribution in [0.1, 0.15) is 0 Å². The second-order valence-electron chi connectivity index (χ2n) is 12.5. The minimum absolute atomic E-state index is 0.743. The molecule has 4 aromatic heterocycles. The Morgan fingerprint density at radius 2 is 1.08 bits per heavy atom. The van der Waals surface area contributed by atoms with Crippen LogP contribution in [0.5, 0.6) is 0 Å². The predicted molar refractivity (Wildman–Crippen MR) is 211 cm³/mol. The molecule has 7 aromatic carbocycles. The Hall–Kier alpha value is -5.88. The summed E-state index contributed by atoms with van der Waals surface area (Å²) < 4.78 is 7.46. The van der Waals surface area contributed by atoms with Crippen LogP contribution in [0.4, 0.5) is 0 Å². The molecule has 11 aromatic rings. The Labute approximate surface area is 289 Å². The summed E-state index contributed by atoms with van der Waals surface area (Å²) in [4.78, 5) is 10.4. The highest BCUT2D eigenvalue weighted by Crippen LogP contribution is 2.48. The number of rotatable bonds is 3. The minimum atomic E-state index is 0.743. The third-order valence-electron chi connectivity index (χ3n) is 9.78. The molecular weight excluding hydrogens is 635 g/mol. The highest BCUT2D eigenvalue weighted by molar-refractivity contribution is 7.27. The third-order valence-corrected chi connectivity index (χ3v) is 12.1. The molecule has 0 amide bonds. The van der Waals surface area contributed by atoms with Gasteiger partial charge in [0.2, 0.25) is 0 Å². The largest absolute Gasteiger partial charge is 0.309 e. The van der Waals surface area contributed by atoms with Gasteiger partial charge in [-0.3, -0.25) is 0 Å². The van der Waals surface area contributed by atoms with E-state index in [0.29, 0.717) is 0 Å². The normalized spacial score (nSPS) is 12.1. The molecule has 228 valence electrons. The molecule has 0 unspecified atom stereocenters. The van der Waals surface area contributed by atoms with E-state index in [9.17, 15) is 0 Å². The maximum absolute atomic E-state index is 5.29. The molecule has 0 saturated carbocycles. The summed E-state index contributed by atoms with van der Waals surface area (Å²) in [5.74, 6) is 0.743. The van der Waals surface area contributed by atoms with E-state index in [1.165, 1.54) is 62.8 Å². The molecule has 0 radical (unpaired) electrons. The molecule has 4 heterocycles. The standard InChI is InChI=1S/C44H25N3S2/c1-2-13-26(14-3-1)44-45-39(43-40(46-44)33-21-8-11-24-36(33)49-43)27-15-12-16-28(25-27)47-34-22-9-6-19-31(34)38-41(47)30-18-5-4-17-29(30)37-32-20-7-10-23-35(32)48-42(37)38/h1-25H. The van der Waals surface area contributed by atoms with E-state index in [1.54, 1.807) is 11.3 Å². The first kappa shape index (κ1) is 27.1. The average Bonchev–Trinajstić information content (AvgIpc) is 3.85. The molecule has 0 aliphatic rings. The van der Waals surface area contributed by atoms with Crippen molar-refractivity contribution < 1.29 is 0 Å². The summed E-state index contributed by atoms with van der Waals surface area (Å²) in [6.07, 6.45) is 0. The van der Waals surface area contributed by atoms with E-state index in [1.807, 2.05) is 17.4 Å². The second-order valence-corrected chi connectivity index (χ2v) is 14.6. The summed E-state index contributed by atoms with van der Waals surface area (Å²) in [7, 11) is 0. The Morgan fingerprint density at radius 1 is 0.449 bits per heavy atom. The molecule has 11 rings (SSSR count). The van der Waals surface area contributed by atoms with Crippen molar-refractivity contribution in [3.05, 3.63) is 152 Å². The van der Waals surface area contributed by atoms with Crippen molar-refractivity contribution >= 4 is 95.7 Å². The zero-order valence-electron chi connectivity index (χ0n) is 26.1. The van der Waals surface area contributed by atoms with E-state index in [2.05, 4.69) is 150 Å². The number of thiophene rings is 2. The van der Waals surface area contributed by atoms with Crippen molar-refractivity contribution in [2.45, 2.75) is 0 Å². The number of hydrogen-bond acceptors (Lipinski definition) is 4. The van der Waals surface area contributed by atoms with E-state index >= 15 is 0 Å². The average molecular weight is 660 g/mol. The van der Waals surface area contributed by atoms with Crippen LogP contribution in [0.15, 0.2) is 152 Å². The van der Waals surface area contributed by atoms with Crippen molar-refractivity contribution in [1.82, 2.24) is 14.5 Å². The second kappa shape index (κ2) is 10.3. The fourth-order valence-corrected chi connectivity index (χ4v) is 10.1. The molecule has 0 saturated heterocycles. The van der Waals surface area contributed by atoms with Crippen molar-refractivity contribution in [1.29, 1.82) is 0 Å². The smallest absolute Gasteiger partial charge is 0.160 e. The van der Waals surface area contributed by atoms with E-state index in [0.717, 1.165) is 38.5 Å². The summed E-state index contributed by atoms with van der Waals surface area (Å²) in [5.41, 5.74) is 7.61. The van der Waals surface area contributed by atoms with Gasteiger partial charge >= 0.3 is 0 Å². The van der Waals surface area contributed by atoms with Gasteiger partial charge in [-0.15, -0.1) is 22.7 Å². The van der Waals surface area contributed by atoms with Crippen molar-refractivity contribution in [2.75, 3.05) is 0 Å². The molecule has 0 atom stereocenters. The first-order chi connectivity index (χ1) is 24.3. The van der Waals surface area contributed by atoms with Crippen molar-refractivity contribution in [3.63, 3.8) is 0 Å². The molecular formula is C44H25N3S2. The van der Waals surface area contributed by atoms with Gasteiger partial charge in [-0.25, -0.2) is 9.97 Å². The van der Waals surface area contributed by atoms with Crippen LogP contribution >= 0.6 is 22.7 Å². The minimum Gasteiger partial charge on any atom is -0.309 e. The summed E-state index contributed by atoms with van der Waals surface area (Å²) in [6.45, 7) is 0. The summed E-state index contributed by atoms with van der Waals surface area (Å²) in [5, 5.41) is 8.97. The zero-order chi connectivity index (χ0) is 32.1. The monoisotopic (exact) mass is 659 g/mol. The molecule has 3 nitrogen and oxygen atoms in total. The molecule has 49 heavy (non-hydrogen) atoms. The third kappa shape index (κ3) is 3.88. The molecule has 0 aliphatic heterocycles. The molecule has 0 aliphatic carbocycles. The van der Waals surface area contributed by atoms with Gasteiger partial charge in [0.25, 0.3) is 0 Å². The maximum atomic E-state index is 5.29. The van der Waals surface area contributed by atoms with E-state index in [-0.39, 0.29) is 0 Å². The zero-order valence-corrected chi connectivity index (χ0v) is 27.7. The van der Waals surface area contributed by atoms with Crippen LogP contribution in [-0.2, 0) is 0 Å². The predicted octanol–water partition coefficient (Wildman–Crippen LogP) is 12.8. The topological polar surface area (TPSA) is 30.7 Å². The molecule has 0 spiro atoms. The number of hydrogen-bond donors (Lipinski definition) is 0. The number of benzene rings is 7. The van der Waals surface area contributed by atoms with Crippen LogP contribution in [0, 0.1) is 0 Å². The van der Waals surface area contributed by atoms with Gasteiger partial charge < -0.3 is 4.57 Å². The SMILES string of the molecule is c1ccc(-c2nc(-c3cccc(-n4c5ccccc5c5c6sc7ccccc7c6c6ccccc6c54)c3)c3sc4ccccc4c3n2)cc1. The number of fused-ring (bicyclic) bond motifs is 13. The lowest BCUT2D eigenvalue weighted by Gasteiger charge is -2.13. The number of nitrogens with zero attached hydrogens (tertiary/aromatic N) is 3. The van der Waals surface area contributed by atoms with Crippen LogP contribution < -0.4 is 0 Å². The quantitative estimate of drug-likeness (QED) is 0.189. The van der Waals surface area contributed by atoms with Crippen LogP contribution in [-0.4, -0.2) is 14.5 Å². The van der Waals surface area contributed by atoms with E-state index < -0.39 is 0 Å². The lowest BCUT2D eigenvalue weighted by molar-refractivity contribution is 1.18. The van der Waals surface area contributed by atoms with Gasteiger partial charge in [-0.1, -0.05) is 121 Å². The van der Waals surface area contributed by atoms with Crippen LogP contribution in [0.2, 0.25) is 0 Å². The maximum Gasteiger partial charge on any atom is 0.160 e. The Bertz CT molecular complexity index is 3110. The van der Waals surface area contributed by atoms with Crippen molar-refractivity contribution in [2.24, 2.45) is 0 Å². The van der Waals surface area contributed by atoms with Gasteiger partial charge in [0.05, 0.1) is 26.9 Å². The Kier molecular flexibility index (Phi) is 5.70. The van der Waals surface area contributed by atoms with Crippen molar-refractivity contribution in [3.8, 4) is 28.3 Å². The van der Waals surface area contributed by atoms with E-state index in [4.69, 9.17) is 9.97 Å². The first-order valence-electron chi connectivity index (χ1n) is 16.4. The molecule has 5 heteroatoms. The molecule has 0 fully saturated rings. The highest BCUT2D eigenvalue weighted by atomic mass is 32.1. The lowest BCUT2D eigenvalue weighted by Crippen LogP contribution is -1.97. The Morgan fingerprint density at radius 3 is 1.92 bits per heavy atom. The van der Waals surface area contributed by atoms with Gasteiger partial charge in [0.1, 0.15) is 0 Å². The van der Waals surface area contributed by atoms with Crippen LogP contribution in [0.25, 0.3) is 101 Å². The molecule has 0 bridgehead atoms. The van der Waals surface area contributed by atoms with Gasteiger partial charge in [0, 0.05) is 63.2 Å². The van der Waals surface area contributed by atoms with Crippen LogP contribution in [0.3, 0.4) is 0 Å². The fourth-order valence-electron chi connectivity index (χ4n) is 7.68. The Balaban J connectivity index is 1.25. The van der Waals surface area contributed by atoms with Gasteiger partial charge in [-0.05, 0) is 35.7 Å². The fraction of sp³-hybridized carbons (Fsp3) is 0. The first-order valence-corrected chi connectivity index (χ1v) is 18.1. The number of para-hydroxylation sites is 1. The number of aromatic nitrogens is 3. The summed E-state index contributed by atoms with van der Waals surface area (Å²) in [6, 6.07) is 54.4. The molecule has 0 N–H and O–H groups in total.